The number of hydrogen-bond donors (Lipinski definition) is 2. The number of hydrogen-bond acceptors (Lipinski definition) is 2. The molecule has 2 fully saturated rings. The Morgan fingerprint density at radius 1 is 1.38 bits per heavy atom. The summed E-state index contributed by atoms with van der Waals surface area (Å²) in [6, 6.07) is 2.78. The minimum Gasteiger partial charge on any atom is -0.465 e. The second-order valence-corrected chi connectivity index (χ2v) is 6.41. The number of nitrogens with zero attached hydrogens (tertiary/aromatic N) is 1. The monoisotopic (exact) mass is 346 g/mol. The molecule has 2 aliphatic rings. The Morgan fingerprint density at radius 3 is 2.58 bits per heavy atom. The van der Waals surface area contributed by atoms with E-state index in [0.29, 0.717) is 12.8 Å². The number of halogens is 4. The Balaban J connectivity index is 1.92. The van der Waals surface area contributed by atoms with Crippen LogP contribution in [0.1, 0.15) is 36.8 Å². The topological polar surface area (TPSA) is 52.6 Å². The lowest BCUT2D eigenvalue weighted by Gasteiger charge is -2.32. The maximum Gasteiger partial charge on any atom is 0.419 e. The molecule has 3 rings (SSSR count). The van der Waals surface area contributed by atoms with Crippen molar-refractivity contribution in [2.75, 3.05) is 13.1 Å². The van der Waals surface area contributed by atoms with Gasteiger partial charge in [-0.2, -0.15) is 13.2 Å². The number of rotatable bonds is 4. The lowest BCUT2D eigenvalue weighted by atomic mass is 9.99. The van der Waals surface area contributed by atoms with Crippen molar-refractivity contribution in [3.05, 3.63) is 35.1 Å². The normalized spacial score (nSPS) is 22.4. The highest BCUT2D eigenvalue weighted by atomic mass is 19.4. The summed E-state index contributed by atoms with van der Waals surface area (Å²) in [6.45, 7) is 1.02. The molecule has 0 unspecified atom stereocenters. The third-order valence-electron chi connectivity index (χ3n) is 4.85. The summed E-state index contributed by atoms with van der Waals surface area (Å²) in [5.74, 6) is -1.35. The van der Waals surface area contributed by atoms with Crippen molar-refractivity contribution in [1.29, 1.82) is 0 Å². The molecule has 4 nitrogen and oxygen atoms in total. The van der Waals surface area contributed by atoms with Gasteiger partial charge in [0.15, 0.2) is 0 Å². The lowest BCUT2D eigenvalue weighted by molar-refractivity contribution is -0.140. The average Bonchev–Trinajstić information content (AvgIpc) is 3.12. The molecule has 132 valence electrons. The van der Waals surface area contributed by atoms with Gasteiger partial charge in [0.25, 0.3) is 0 Å². The predicted octanol–water partition coefficient (Wildman–Crippen LogP) is 3.57. The Labute approximate surface area is 136 Å². The largest absolute Gasteiger partial charge is 0.465 e. The second kappa shape index (κ2) is 5.91. The van der Waals surface area contributed by atoms with Gasteiger partial charge in [-0.1, -0.05) is 6.07 Å². The van der Waals surface area contributed by atoms with Crippen molar-refractivity contribution in [1.82, 2.24) is 10.2 Å². The summed E-state index contributed by atoms with van der Waals surface area (Å²) in [5.41, 5.74) is -2.13. The maximum absolute atomic E-state index is 13.5. The number of benzene rings is 1. The van der Waals surface area contributed by atoms with Crippen LogP contribution in [0.2, 0.25) is 0 Å². The van der Waals surface area contributed by atoms with Crippen LogP contribution in [0.25, 0.3) is 0 Å². The van der Waals surface area contributed by atoms with Crippen LogP contribution in [0.15, 0.2) is 18.2 Å². The fraction of sp³-hybridized carbons (Fsp3) is 0.562. The van der Waals surface area contributed by atoms with Crippen molar-refractivity contribution in [2.45, 2.75) is 43.4 Å². The quantitative estimate of drug-likeness (QED) is 0.820. The highest BCUT2D eigenvalue weighted by molar-refractivity contribution is 5.68. The van der Waals surface area contributed by atoms with Gasteiger partial charge >= 0.3 is 12.3 Å². The van der Waals surface area contributed by atoms with Crippen molar-refractivity contribution < 1.29 is 27.5 Å². The SMILES string of the molecule is O=C(O)N(C[C@H]1CCCN1)C1(c2ccc(F)c(C(F)(F)F)c2)CC1. The van der Waals surface area contributed by atoms with Crippen LogP contribution < -0.4 is 5.32 Å². The van der Waals surface area contributed by atoms with Gasteiger partial charge in [0.1, 0.15) is 5.82 Å². The van der Waals surface area contributed by atoms with Gasteiger partial charge in [-0.05, 0) is 49.9 Å². The van der Waals surface area contributed by atoms with Gasteiger partial charge in [0, 0.05) is 12.6 Å². The van der Waals surface area contributed by atoms with Gasteiger partial charge in [0.05, 0.1) is 11.1 Å². The summed E-state index contributed by atoms with van der Waals surface area (Å²) in [6.07, 6.45) is -3.32. The molecular formula is C16H18F4N2O2. The second-order valence-electron chi connectivity index (χ2n) is 6.41. The van der Waals surface area contributed by atoms with E-state index in [0.717, 1.165) is 31.5 Å². The van der Waals surface area contributed by atoms with Crippen LogP contribution in [0.4, 0.5) is 22.4 Å². The van der Waals surface area contributed by atoms with E-state index < -0.39 is 29.2 Å². The molecule has 1 atom stereocenters. The minimum atomic E-state index is -4.81. The van der Waals surface area contributed by atoms with Crippen LogP contribution in [0.5, 0.6) is 0 Å². The van der Waals surface area contributed by atoms with Crippen LogP contribution in [0.3, 0.4) is 0 Å². The first-order valence-electron chi connectivity index (χ1n) is 7.85. The highest BCUT2D eigenvalue weighted by Gasteiger charge is 2.53. The summed E-state index contributed by atoms with van der Waals surface area (Å²) in [7, 11) is 0. The molecule has 1 saturated heterocycles. The third kappa shape index (κ3) is 3.07. The molecule has 0 spiro atoms. The number of amides is 1. The lowest BCUT2D eigenvalue weighted by Crippen LogP contribution is -2.46. The maximum atomic E-state index is 13.5. The van der Waals surface area contributed by atoms with Crippen molar-refractivity contribution in [3.63, 3.8) is 0 Å². The van der Waals surface area contributed by atoms with Crippen LogP contribution in [-0.2, 0) is 11.7 Å². The molecule has 1 aliphatic heterocycles. The Bertz CT molecular complexity index is 637. The molecule has 1 saturated carbocycles. The first-order valence-corrected chi connectivity index (χ1v) is 7.85. The van der Waals surface area contributed by atoms with E-state index in [1.54, 1.807) is 0 Å². The molecular weight excluding hydrogens is 328 g/mol. The molecule has 8 heteroatoms. The number of alkyl halides is 3. The van der Waals surface area contributed by atoms with Gasteiger partial charge < -0.3 is 10.4 Å². The Hall–Kier alpha value is -1.83. The van der Waals surface area contributed by atoms with Gasteiger partial charge in [0.2, 0.25) is 0 Å². The number of nitrogens with one attached hydrogen (secondary N) is 1. The first-order chi connectivity index (χ1) is 11.2. The molecule has 1 amide bonds. The number of carboxylic acid groups (broad SMARTS) is 1. The van der Waals surface area contributed by atoms with Crippen molar-refractivity contribution in [3.8, 4) is 0 Å². The Morgan fingerprint density at radius 2 is 2.08 bits per heavy atom. The molecule has 1 aliphatic carbocycles. The van der Waals surface area contributed by atoms with Crippen molar-refractivity contribution >= 4 is 6.09 Å². The third-order valence-corrected chi connectivity index (χ3v) is 4.85. The molecule has 24 heavy (non-hydrogen) atoms. The Kier molecular flexibility index (Phi) is 4.19. The number of carbonyl (C=O) groups is 1. The molecule has 1 aromatic rings. The van der Waals surface area contributed by atoms with E-state index in [4.69, 9.17) is 0 Å². The molecule has 0 bridgehead atoms. The summed E-state index contributed by atoms with van der Waals surface area (Å²) >= 11 is 0. The van der Waals surface area contributed by atoms with E-state index in [-0.39, 0.29) is 18.2 Å². The first kappa shape index (κ1) is 17.0. The van der Waals surface area contributed by atoms with E-state index in [1.807, 2.05) is 0 Å². The van der Waals surface area contributed by atoms with Crippen molar-refractivity contribution in [2.24, 2.45) is 0 Å². The zero-order chi connectivity index (χ0) is 17.5. The van der Waals surface area contributed by atoms with Crippen LogP contribution >= 0.6 is 0 Å². The smallest absolute Gasteiger partial charge is 0.419 e. The summed E-state index contributed by atoms with van der Waals surface area (Å²) < 4.78 is 52.3. The van der Waals surface area contributed by atoms with Gasteiger partial charge in [-0.3, -0.25) is 4.90 Å². The zero-order valence-corrected chi connectivity index (χ0v) is 12.9. The average molecular weight is 346 g/mol. The van der Waals surface area contributed by atoms with E-state index >= 15 is 0 Å². The summed E-state index contributed by atoms with van der Waals surface area (Å²) in [5, 5.41) is 12.7. The molecule has 2 N–H and O–H groups in total. The molecule has 1 heterocycles. The molecule has 0 aromatic heterocycles. The van der Waals surface area contributed by atoms with E-state index in [1.165, 1.54) is 11.0 Å². The van der Waals surface area contributed by atoms with Crippen LogP contribution in [-0.4, -0.2) is 35.2 Å². The fourth-order valence-corrected chi connectivity index (χ4v) is 3.43. The van der Waals surface area contributed by atoms with E-state index in [9.17, 15) is 27.5 Å². The fourth-order valence-electron chi connectivity index (χ4n) is 3.43. The highest BCUT2D eigenvalue weighted by Crippen LogP contribution is 2.52. The summed E-state index contributed by atoms with van der Waals surface area (Å²) in [4.78, 5) is 12.9. The standard InChI is InChI=1S/C16H18F4N2O2/c17-13-4-3-10(8-12(13)16(18,19)20)15(5-6-15)22(14(23)24)9-11-2-1-7-21-11/h3-4,8,11,21H,1-2,5-7,9H2,(H,23,24)/t11-/m1/s1. The molecule has 0 radical (unpaired) electrons. The zero-order valence-electron chi connectivity index (χ0n) is 12.9. The minimum absolute atomic E-state index is 0.00103. The predicted molar refractivity (Wildman–Crippen MR) is 78.1 cm³/mol. The van der Waals surface area contributed by atoms with Gasteiger partial charge in [-0.25, -0.2) is 9.18 Å². The van der Waals surface area contributed by atoms with E-state index in [2.05, 4.69) is 5.32 Å². The van der Waals surface area contributed by atoms with Gasteiger partial charge in [-0.15, -0.1) is 0 Å². The molecule has 1 aromatic carbocycles. The van der Waals surface area contributed by atoms with Crippen LogP contribution in [0, 0.1) is 5.82 Å².